The van der Waals surface area contributed by atoms with Crippen molar-refractivity contribution in [2.24, 2.45) is 0 Å². The smallest absolute Gasteiger partial charge is 0.273 e. The molecular weight excluding hydrogens is 384 g/mol. The molecule has 0 spiro atoms. The Labute approximate surface area is 172 Å². The second-order valence-electron chi connectivity index (χ2n) is 6.60. The normalized spacial score (nSPS) is 11.8. The van der Waals surface area contributed by atoms with Gasteiger partial charge in [-0.15, -0.1) is 0 Å². The molecule has 0 saturated carbocycles. The zero-order valence-corrected chi connectivity index (χ0v) is 16.5. The molecule has 0 saturated heterocycles. The van der Waals surface area contributed by atoms with Gasteiger partial charge in [0.2, 0.25) is 0 Å². The summed E-state index contributed by atoms with van der Waals surface area (Å²) in [6.45, 7) is 1.78. The molecule has 0 radical (unpaired) electrons. The highest BCUT2D eigenvalue weighted by atomic mass is 16.5. The van der Waals surface area contributed by atoms with Crippen LogP contribution in [-0.2, 0) is 0 Å². The number of anilines is 1. The Morgan fingerprint density at radius 3 is 2.53 bits per heavy atom. The Hall–Kier alpha value is -4.07. The van der Waals surface area contributed by atoms with Crippen LogP contribution in [-0.4, -0.2) is 27.6 Å². The van der Waals surface area contributed by atoms with Crippen LogP contribution in [0.4, 0.5) is 5.69 Å². The molecule has 30 heavy (non-hydrogen) atoms. The van der Waals surface area contributed by atoms with Crippen molar-refractivity contribution < 1.29 is 14.3 Å². The van der Waals surface area contributed by atoms with Crippen LogP contribution >= 0.6 is 0 Å². The van der Waals surface area contributed by atoms with E-state index < -0.39 is 6.10 Å². The van der Waals surface area contributed by atoms with Crippen LogP contribution in [0.2, 0.25) is 0 Å². The summed E-state index contributed by atoms with van der Waals surface area (Å²) in [5, 5.41) is 5.57. The molecular formula is C22H20N4O4. The highest BCUT2D eigenvalue weighted by molar-refractivity contribution is 6.08. The number of hydrogen-bond acceptors (Lipinski definition) is 5. The molecule has 2 aromatic heterocycles. The van der Waals surface area contributed by atoms with E-state index in [1.54, 1.807) is 38.3 Å². The number of para-hydroxylation sites is 3. The molecule has 8 nitrogen and oxygen atoms in total. The van der Waals surface area contributed by atoms with E-state index >= 15 is 0 Å². The third-order valence-corrected chi connectivity index (χ3v) is 4.58. The lowest BCUT2D eigenvalue weighted by molar-refractivity contribution is 0.102. The van der Waals surface area contributed by atoms with Gasteiger partial charge in [0.15, 0.2) is 17.1 Å². The molecule has 4 aromatic rings. The predicted octanol–water partition coefficient (Wildman–Crippen LogP) is 3.42. The summed E-state index contributed by atoms with van der Waals surface area (Å²) < 4.78 is 12.5. The predicted molar refractivity (Wildman–Crippen MR) is 112 cm³/mol. The minimum Gasteiger partial charge on any atom is -0.493 e. The number of amides is 1. The molecule has 8 heteroatoms. The van der Waals surface area contributed by atoms with Gasteiger partial charge in [0.05, 0.1) is 12.8 Å². The molecule has 2 aromatic carbocycles. The van der Waals surface area contributed by atoms with Crippen LogP contribution in [0.25, 0.3) is 5.65 Å². The second kappa shape index (κ2) is 8.12. The zero-order chi connectivity index (χ0) is 21.1. The lowest BCUT2D eigenvalue weighted by atomic mass is 10.2. The van der Waals surface area contributed by atoms with E-state index in [0.717, 1.165) is 0 Å². The van der Waals surface area contributed by atoms with Gasteiger partial charge in [-0.2, -0.15) is 0 Å². The van der Waals surface area contributed by atoms with Crippen molar-refractivity contribution in [2.75, 3.05) is 12.4 Å². The number of fused-ring (bicyclic) bond motifs is 1. The summed E-state index contributed by atoms with van der Waals surface area (Å²) in [6.07, 6.45) is 0.913. The number of aromatic amines is 1. The number of ether oxygens (including phenoxy) is 2. The monoisotopic (exact) mass is 404 g/mol. The Morgan fingerprint density at radius 2 is 1.80 bits per heavy atom. The zero-order valence-electron chi connectivity index (χ0n) is 16.5. The second-order valence-corrected chi connectivity index (χ2v) is 6.60. The van der Waals surface area contributed by atoms with Gasteiger partial charge in [0.25, 0.3) is 11.5 Å². The number of aromatic nitrogens is 3. The highest BCUT2D eigenvalue weighted by Gasteiger charge is 2.19. The Bertz CT molecular complexity index is 1250. The first-order chi connectivity index (χ1) is 14.6. The summed E-state index contributed by atoms with van der Waals surface area (Å²) in [7, 11) is 1.56. The van der Waals surface area contributed by atoms with E-state index in [9.17, 15) is 9.59 Å². The molecule has 4 rings (SSSR count). The third kappa shape index (κ3) is 3.75. The van der Waals surface area contributed by atoms with Crippen LogP contribution in [0.1, 0.15) is 29.1 Å². The molecule has 0 aliphatic carbocycles. The van der Waals surface area contributed by atoms with Gasteiger partial charge >= 0.3 is 0 Å². The van der Waals surface area contributed by atoms with Gasteiger partial charge in [-0.25, -0.2) is 9.50 Å². The Balaban J connectivity index is 1.66. The summed E-state index contributed by atoms with van der Waals surface area (Å²) in [5.41, 5.74) is 1.18. The molecule has 152 valence electrons. The van der Waals surface area contributed by atoms with Crippen LogP contribution in [0.3, 0.4) is 0 Å². The standard InChI is InChI=1S/C22H20N4O4/c1-14(30-19-11-7-6-10-18(19)29-2)17-12-20(27)26-21(25-17)16(13-23-26)22(28)24-15-8-4-3-5-9-15/h3-14,23H,1-2H3,(H,24,28). The number of H-pyrrole nitrogens is 1. The first kappa shape index (κ1) is 19.3. The molecule has 0 bridgehead atoms. The average Bonchev–Trinajstić information content (AvgIpc) is 3.19. The number of methoxy groups -OCH3 is 1. The van der Waals surface area contributed by atoms with E-state index in [1.165, 1.54) is 16.8 Å². The number of carbonyl (C=O) groups is 1. The first-order valence-corrected chi connectivity index (χ1v) is 9.34. The van der Waals surface area contributed by atoms with E-state index in [4.69, 9.17) is 9.47 Å². The maximum atomic E-state index is 12.7. The fourth-order valence-electron chi connectivity index (χ4n) is 3.06. The highest BCUT2D eigenvalue weighted by Crippen LogP contribution is 2.30. The van der Waals surface area contributed by atoms with Crippen LogP contribution in [0.15, 0.2) is 71.7 Å². The third-order valence-electron chi connectivity index (χ3n) is 4.58. The average molecular weight is 404 g/mol. The van der Waals surface area contributed by atoms with Crippen molar-refractivity contribution in [3.8, 4) is 11.5 Å². The fourth-order valence-corrected chi connectivity index (χ4v) is 3.06. The lowest BCUT2D eigenvalue weighted by Crippen LogP contribution is -2.19. The quantitative estimate of drug-likeness (QED) is 0.513. The van der Waals surface area contributed by atoms with Crippen molar-refractivity contribution in [3.63, 3.8) is 0 Å². The molecule has 1 unspecified atom stereocenters. The Kier molecular flexibility index (Phi) is 5.21. The van der Waals surface area contributed by atoms with Crippen molar-refractivity contribution in [2.45, 2.75) is 13.0 Å². The van der Waals surface area contributed by atoms with E-state index in [0.29, 0.717) is 22.9 Å². The number of carbonyl (C=O) groups excluding carboxylic acids is 1. The van der Waals surface area contributed by atoms with E-state index in [1.807, 2.05) is 30.3 Å². The van der Waals surface area contributed by atoms with Crippen molar-refractivity contribution in [1.82, 2.24) is 14.6 Å². The summed E-state index contributed by atoms with van der Waals surface area (Å²) in [5.74, 6) is 0.736. The van der Waals surface area contributed by atoms with Crippen molar-refractivity contribution in [3.05, 3.63) is 88.5 Å². The maximum Gasteiger partial charge on any atom is 0.273 e. The van der Waals surface area contributed by atoms with Gasteiger partial charge < -0.3 is 14.8 Å². The van der Waals surface area contributed by atoms with Gasteiger partial charge in [-0.3, -0.25) is 14.7 Å². The topological polar surface area (TPSA) is 97.7 Å². The molecule has 2 N–H and O–H groups in total. The van der Waals surface area contributed by atoms with Crippen molar-refractivity contribution in [1.29, 1.82) is 0 Å². The SMILES string of the molecule is COc1ccccc1OC(C)c1cc(=O)n2[nH]cc(C(=O)Nc3ccccc3)c2n1. The summed E-state index contributed by atoms with van der Waals surface area (Å²) >= 11 is 0. The molecule has 2 heterocycles. The number of benzene rings is 2. The van der Waals surface area contributed by atoms with Gasteiger partial charge in [0, 0.05) is 18.0 Å². The van der Waals surface area contributed by atoms with E-state index in [-0.39, 0.29) is 22.7 Å². The Morgan fingerprint density at radius 1 is 1.10 bits per heavy atom. The summed E-state index contributed by atoms with van der Waals surface area (Å²) in [6, 6.07) is 17.7. The molecule has 0 fully saturated rings. The largest absolute Gasteiger partial charge is 0.493 e. The van der Waals surface area contributed by atoms with Crippen LogP contribution in [0, 0.1) is 0 Å². The van der Waals surface area contributed by atoms with Gasteiger partial charge in [-0.1, -0.05) is 30.3 Å². The number of nitrogens with zero attached hydrogens (tertiary/aromatic N) is 2. The molecule has 1 atom stereocenters. The van der Waals surface area contributed by atoms with Crippen LogP contribution in [0.5, 0.6) is 11.5 Å². The number of hydrogen-bond donors (Lipinski definition) is 2. The van der Waals surface area contributed by atoms with Gasteiger partial charge in [-0.05, 0) is 31.2 Å². The number of rotatable bonds is 6. The van der Waals surface area contributed by atoms with Gasteiger partial charge in [0.1, 0.15) is 11.7 Å². The van der Waals surface area contributed by atoms with E-state index in [2.05, 4.69) is 15.4 Å². The minimum absolute atomic E-state index is 0.224. The number of nitrogens with one attached hydrogen (secondary N) is 2. The molecule has 0 aliphatic rings. The summed E-state index contributed by atoms with van der Waals surface area (Å²) in [4.78, 5) is 29.8. The fraction of sp³-hybridized carbons (Fsp3) is 0.136. The minimum atomic E-state index is -0.543. The van der Waals surface area contributed by atoms with Crippen LogP contribution < -0.4 is 20.3 Å². The lowest BCUT2D eigenvalue weighted by Gasteiger charge is -2.16. The maximum absolute atomic E-state index is 12.7. The molecule has 1 amide bonds. The molecule has 0 aliphatic heterocycles. The first-order valence-electron chi connectivity index (χ1n) is 9.34. The van der Waals surface area contributed by atoms with Crippen molar-refractivity contribution >= 4 is 17.2 Å².